The monoisotopic (exact) mass is 336 g/mol. The van der Waals surface area contributed by atoms with Crippen LogP contribution in [0, 0.1) is 6.92 Å². The predicted octanol–water partition coefficient (Wildman–Crippen LogP) is 4.82. The Morgan fingerprint density at radius 3 is 2.39 bits per heavy atom. The second-order valence-electron chi connectivity index (χ2n) is 4.86. The van der Waals surface area contributed by atoms with Crippen LogP contribution in [0.2, 0.25) is 0 Å². The summed E-state index contributed by atoms with van der Waals surface area (Å²) in [5, 5.41) is 3.66. The highest BCUT2D eigenvalue weighted by Gasteiger charge is 2.12. The predicted molar refractivity (Wildman–Crippen MR) is 93.5 cm³/mol. The molecular formula is C17H18F2N2OS. The number of alkyl halides is 2. The van der Waals surface area contributed by atoms with Crippen molar-refractivity contribution < 1.29 is 13.5 Å². The number of para-hydroxylation sites is 1. The summed E-state index contributed by atoms with van der Waals surface area (Å²) in [6, 6.07) is 14.2. The van der Waals surface area contributed by atoms with E-state index in [9.17, 15) is 8.78 Å². The quantitative estimate of drug-likeness (QED) is 0.791. The summed E-state index contributed by atoms with van der Waals surface area (Å²) >= 11 is 5.46. The normalized spacial score (nSPS) is 10.5. The molecular weight excluding hydrogens is 318 g/mol. The van der Waals surface area contributed by atoms with Crippen LogP contribution >= 0.6 is 12.2 Å². The van der Waals surface area contributed by atoms with Crippen LogP contribution in [0.4, 0.5) is 20.2 Å². The average molecular weight is 336 g/mol. The van der Waals surface area contributed by atoms with Gasteiger partial charge in [0.15, 0.2) is 5.11 Å². The fraction of sp³-hybridized carbons (Fsp3) is 0.235. The van der Waals surface area contributed by atoms with E-state index >= 15 is 0 Å². The molecule has 0 atom stereocenters. The van der Waals surface area contributed by atoms with Crippen LogP contribution in [-0.2, 0) is 0 Å². The van der Waals surface area contributed by atoms with Crippen molar-refractivity contribution >= 4 is 28.7 Å². The van der Waals surface area contributed by atoms with Gasteiger partial charge < -0.3 is 15.0 Å². The standard InChI is InChI=1S/C17H18F2N2OS/c1-3-21(15-7-5-4-6-12(15)2)17(23)20-13-8-10-14(11-9-13)22-16(18)19/h4-11,16H,3H2,1-2H3,(H,20,23). The van der Waals surface area contributed by atoms with Gasteiger partial charge in [0.2, 0.25) is 0 Å². The summed E-state index contributed by atoms with van der Waals surface area (Å²) < 4.78 is 28.6. The number of hydrogen-bond acceptors (Lipinski definition) is 2. The summed E-state index contributed by atoms with van der Waals surface area (Å²) in [6.07, 6.45) is 0. The van der Waals surface area contributed by atoms with Crippen molar-refractivity contribution in [2.75, 3.05) is 16.8 Å². The number of ether oxygens (including phenoxy) is 1. The van der Waals surface area contributed by atoms with E-state index in [1.54, 1.807) is 12.1 Å². The number of nitrogens with zero attached hydrogens (tertiary/aromatic N) is 1. The smallest absolute Gasteiger partial charge is 0.387 e. The SMILES string of the molecule is CCN(C(=S)Nc1ccc(OC(F)F)cc1)c1ccccc1C. The van der Waals surface area contributed by atoms with Crippen LogP contribution in [0.25, 0.3) is 0 Å². The fourth-order valence-corrected chi connectivity index (χ4v) is 2.55. The van der Waals surface area contributed by atoms with Gasteiger partial charge in [0, 0.05) is 17.9 Å². The van der Waals surface area contributed by atoms with Gasteiger partial charge in [-0.05, 0) is 62.0 Å². The summed E-state index contributed by atoms with van der Waals surface area (Å²) in [5.74, 6) is 0.114. The Morgan fingerprint density at radius 1 is 1.17 bits per heavy atom. The molecule has 1 N–H and O–H groups in total. The molecule has 0 aliphatic rings. The molecule has 2 aromatic rings. The largest absolute Gasteiger partial charge is 0.435 e. The van der Waals surface area contributed by atoms with E-state index in [1.807, 2.05) is 43.0 Å². The van der Waals surface area contributed by atoms with Crippen LogP contribution in [0.15, 0.2) is 48.5 Å². The maximum atomic E-state index is 12.1. The molecule has 0 amide bonds. The lowest BCUT2D eigenvalue weighted by Gasteiger charge is -2.26. The summed E-state index contributed by atoms with van der Waals surface area (Å²) in [5.41, 5.74) is 2.87. The molecule has 2 aromatic carbocycles. The molecule has 0 fully saturated rings. The molecule has 6 heteroatoms. The molecule has 0 aromatic heterocycles. The highest BCUT2D eigenvalue weighted by atomic mass is 32.1. The van der Waals surface area contributed by atoms with Gasteiger partial charge in [0.25, 0.3) is 0 Å². The first kappa shape index (κ1) is 17.1. The zero-order chi connectivity index (χ0) is 16.8. The van der Waals surface area contributed by atoms with E-state index in [4.69, 9.17) is 12.2 Å². The number of aryl methyl sites for hydroxylation is 1. The molecule has 2 rings (SSSR count). The van der Waals surface area contributed by atoms with E-state index in [0.29, 0.717) is 17.3 Å². The van der Waals surface area contributed by atoms with E-state index in [1.165, 1.54) is 12.1 Å². The Kier molecular flexibility index (Phi) is 5.87. The lowest BCUT2D eigenvalue weighted by atomic mass is 10.2. The van der Waals surface area contributed by atoms with Crippen molar-refractivity contribution in [2.24, 2.45) is 0 Å². The Morgan fingerprint density at radius 2 is 1.83 bits per heavy atom. The van der Waals surface area contributed by atoms with Crippen LogP contribution < -0.4 is 15.0 Å². The molecule has 122 valence electrons. The summed E-state index contributed by atoms with van der Waals surface area (Å²) in [6.45, 7) is 1.92. The summed E-state index contributed by atoms with van der Waals surface area (Å²) in [4.78, 5) is 1.98. The number of hydrogen-bond donors (Lipinski definition) is 1. The van der Waals surface area contributed by atoms with Crippen molar-refractivity contribution in [3.8, 4) is 5.75 Å². The number of nitrogens with one attached hydrogen (secondary N) is 1. The second-order valence-corrected chi connectivity index (χ2v) is 5.25. The van der Waals surface area contributed by atoms with Gasteiger partial charge in [-0.1, -0.05) is 18.2 Å². The molecule has 3 nitrogen and oxygen atoms in total. The van der Waals surface area contributed by atoms with E-state index < -0.39 is 6.61 Å². The molecule has 0 spiro atoms. The highest BCUT2D eigenvalue weighted by molar-refractivity contribution is 7.80. The number of benzene rings is 2. The third-order valence-electron chi connectivity index (χ3n) is 3.30. The Labute approximate surface area is 139 Å². The van der Waals surface area contributed by atoms with Crippen LogP contribution in [0.1, 0.15) is 12.5 Å². The molecule has 0 heterocycles. The topological polar surface area (TPSA) is 24.5 Å². The highest BCUT2D eigenvalue weighted by Crippen LogP contribution is 2.22. The minimum Gasteiger partial charge on any atom is -0.435 e. The first-order valence-electron chi connectivity index (χ1n) is 7.20. The lowest BCUT2D eigenvalue weighted by Crippen LogP contribution is -2.35. The number of thiocarbonyl (C=S) groups is 1. The van der Waals surface area contributed by atoms with Crippen LogP contribution in [-0.4, -0.2) is 18.3 Å². The van der Waals surface area contributed by atoms with Gasteiger partial charge in [-0.2, -0.15) is 8.78 Å². The Balaban J connectivity index is 2.09. The molecule has 0 radical (unpaired) electrons. The fourth-order valence-electron chi connectivity index (χ4n) is 2.20. The third kappa shape index (κ3) is 4.63. The van der Waals surface area contributed by atoms with Gasteiger partial charge in [-0.15, -0.1) is 0 Å². The third-order valence-corrected chi connectivity index (χ3v) is 3.62. The maximum absolute atomic E-state index is 12.1. The summed E-state index contributed by atoms with van der Waals surface area (Å²) in [7, 11) is 0. The molecule has 0 bridgehead atoms. The molecule has 23 heavy (non-hydrogen) atoms. The zero-order valence-corrected chi connectivity index (χ0v) is 13.7. The van der Waals surface area contributed by atoms with Gasteiger partial charge in [0.1, 0.15) is 5.75 Å². The van der Waals surface area contributed by atoms with E-state index in [0.717, 1.165) is 11.3 Å². The van der Waals surface area contributed by atoms with Crippen molar-refractivity contribution in [2.45, 2.75) is 20.5 Å². The molecule has 0 unspecified atom stereocenters. The van der Waals surface area contributed by atoms with Gasteiger partial charge in [-0.3, -0.25) is 0 Å². The zero-order valence-electron chi connectivity index (χ0n) is 12.9. The van der Waals surface area contributed by atoms with Crippen LogP contribution in [0.3, 0.4) is 0 Å². The average Bonchev–Trinajstić information content (AvgIpc) is 2.51. The Hall–Kier alpha value is -2.21. The number of anilines is 2. The second kappa shape index (κ2) is 7.87. The van der Waals surface area contributed by atoms with Crippen molar-refractivity contribution in [1.29, 1.82) is 0 Å². The van der Waals surface area contributed by atoms with Gasteiger partial charge in [0.05, 0.1) is 0 Å². The minimum atomic E-state index is -2.83. The maximum Gasteiger partial charge on any atom is 0.387 e. The lowest BCUT2D eigenvalue weighted by molar-refractivity contribution is -0.0498. The van der Waals surface area contributed by atoms with E-state index in [-0.39, 0.29) is 5.75 Å². The van der Waals surface area contributed by atoms with Crippen molar-refractivity contribution in [3.63, 3.8) is 0 Å². The van der Waals surface area contributed by atoms with Crippen LogP contribution in [0.5, 0.6) is 5.75 Å². The van der Waals surface area contributed by atoms with Crippen molar-refractivity contribution in [1.82, 2.24) is 0 Å². The van der Waals surface area contributed by atoms with Gasteiger partial charge >= 0.3 is 6.61 Å². The van der Waals surface area contributed by atoms with Gasteiger partial charge in [-0.25, -0.2) is 0 Å². The van der Waals surface area contributed by atoms with E-state index in [2.05, 4.69) is 10.1 Å². The minimum absolute atomic E-state index is 0.114. The Bertz CT molecular complexity index is 662. The number of rotatable bonds is 5. The number of halogens is 2. The van der Waals surface area contributed by atoms with Crippen molar-refractivity contribution in [3.05, 3.63) is 54.1 Å². The molecule has 0 aliphatic heterocycles. The molecule has 0 aliphatic carbocycles. The molecule has 0 saturated carbocycles. The molecule has 0 saturated heterocycles. The first-order chi connectivity index (χ1) is 11.0. The first-order valence-corrected chi connectivity index (χ1v) is 7.61.